The van der Waals surface area contributed by atoms with Gasteiger partial charge in [-0.1, -0.05) is 0 Å². The molecule has 1 aromatic carbocycles. The van der Waals surface area contributed by atoms with Crippen LogP contribution in [0.25, 0.3) is 11.3 Å². The maximum Gasteiger partial charge on any atom is 0.123 e. The number of nitrogens with one attached hydrogen (secondary N) is 2. The number of aromatic nitrogens is 2. The van der Waals surface area contributed by atoms with E-state index in [-0.39, 0.29) is 6.04 Å². The molecule has 3 N–H and O–H groups in total. The third-order valence-electron chi connectivity index (χ3n) is 4.35. The fourth-order valence-corrected chi connectivity index (χ4v) is 2.91. The van der Waals surface area contributed by atoms with Crippen LogP contribution in [0.5, 0.6) is 0 Å². The van der Waals surface area contributed by atoms with E-state index in [2.05, 4.69) is 10.4 Å². The van der Waals surface area contributed by atoms with Crippen LogP contribution >= 0.6 is 0 Å². The normalized spacial score (nSPS) is 16.2. The number of hydrogen-bond acceptors (Lipinski definition) is 5. The highest BCUT2D eigenvalue weighted by Gasteiger charge is 2.19. The number of aryl methyl sites for hydroxylation is 1. The minimum Gasteiger partial charge on any atom is -0.389 e. The van der Waals surface area contributed by atoms with Gasteiger partial charge in [-0.2, -0.15) is 5.10 Å². The summed E-state index contributed by atoms with van der Waals surface area (Å²) in [7, 11) is 1.82. The molecule has 138 valence electrons. The molecule has 0 unspecified atom stereocenters. The fourth-order valence-electron chi connectivity index (χ4n) is 2.91. The van der Waals surface area contributed by atoms with E-state index < -0.39 is 11.9 Å². The number of benzene rings is 1. The zero-order valence-electron chi connectivity index (χ0n) is 14.9. The van der Waals surface area contributed by atoms with Crippen molar-refractivity contribution in [1.29, 1.82) is 5.41 Å². The summed E-state index contributed by atoms with van der Waals surface area (Å²) in [5, 5.41) is 25.4. The van der Waals surface area contributed by atoms with Crippen molar-refractivity contribution >= 4 is 6.21 Å². The average Bonchev–Trinajstić information content (AvgIpc) is 2.92. The highest BCUT2D eigenvalue weighted by molar-refractivity contribution is 5.78. The lowest BCUT2D eigenvalue weighted by molar-refractivity contribution is 0.000706. The molecule has 0 radical (unpaired) electrons. The summed E-state index contributed by atoms with van der Waals surface area (Å²) in [6.07, 6.45) is 4.72. The van der Waals surface area contributed by atoms with E-state index in [9.17, 15) is 9.50 Å². The molecule has 6 nitrogen and oxygen atoms in total. The Labute approximate surface area is 151 Å². The molecule has 0 bridgehead atoms. The second-order valence-electron chi connectivity index (χ2n) is 6.53. The van der Waals surface area contributed by atoms with Crippen LogP contribution in [-0.2, 0) is 18.2 Å². The van der Waals surface area contributed by atoms with E-state index in [0.29, 0.717) is 36.5 Å². The molecule has 0 aliphatic carbocycles. The molecule has 1 saturated heterocycles. The number of ether oxygens (including phenoxy) is 1. The highest BCUT2D eigenvalue weighted by Crippen LogP contribution is 2.31. The summed E-state index contributed by atoms with van der Waals surface area (Å²) in [6, 6.07) is 4.63. The molecule has 2 aromatic rings. The van der Waals surface area contributed by atoms with Crippen LogP contribution in [0, 0.1) is 11.2 Å². The Kier molecular flexibility index (Phi) is 5.49. The van der Waals surface area contributed by atoms with Gasteiger partial charge in [0.2, 0.25) is 0 Å². The first-order valence-electron chi connectivity index (χ1n) is 8.51. The molecule has 26 heavy (non-hydrogen) atoms. The van der Waals surface area contributed by atoms with Crippen LogP contribution in [-0.4, -0.2) is 40.4 Å². The third kappa shape index (κ3) is 4.00. The van der Waals surface area contributed by atoms with E-state index >= 15 is 0 Å². The van der Waals surface area contributed by atoms with Gasteiger partial charge in [-0.25, -0.2) is 4.39 Å². The SMILES string of the molecule is C[C@@H](O)c1cc(F)ccc1-c1nn(C)cc1C/C(C=N)=C/NC1COC1. The first-order chi connectivity index (χ1) is 12.5. The molecule has 1 aliphatic heterocycles. The van der Waals surface area contributed by atoms with Gasteiger partial charge < -0.3 is 20.6 Å². The number of nitrogens with zero attached hydrogens (tertiary/aromatic N) is 2. The Balaban J connectivity index is 1.92. The van der Waals surface area contributed by atoms with Gasteiger partial charge in [0.05, 0.1) is 31.1 Å². The standard InChI is InChI=1S/C19H23FN4O2/c1-12(25)18-6-15(20)3-4-17(18)19-14(9-24(2)23-19)5-13(7-21)8-22-16-10-26-11-16/h3-4,6-9,12,16,21-22,25H,5,10-11H2,1-2H3/b13-8-,21-7?/t12-/m1/s1. The lowest BCUT2D eigenvalue weighted by Gasteiger charge is -2.26. The first-order valence-corrected chi connectivity index (χ1v) is 8.51. The van der Waals surface area contributed by atoms with E-state index in [1.54, 1.807) is 17.7 Å². The summed E-state index contributed by atoms with van der Waals surface area (Å²) in [4.78, 5) is 0. The predicted molar refractivity (Wildman–Crippen MR) is 97.5 cm³/mol. The average molecular weight is 358 g/mol. The Morgan fingerprint density at radius 3 is 2.92 bits per heavy atom. The van der Waals surface area contributed by atoms with Crippen LogP contribution < -0.4 is 5.32 Å². The van der Waals surface area contributed by atoms with Crippen molar-refractivity contribution in [3.05, 3.63) is 53.1 Å². The molecule has 7 heteroatoms. The monoisotopic (exact) mass is 358 g/mol. The molecule has 0 spiro atoms. The van der Waals surface area contributed by atoms with Gasteiger partial charge in [0.1, 0.15) is 5.82 Å². The fraction of sp³-hybridized carbons (Fsp3) is 0.368. The quantitative estimate of drug-likeness (QED) is 0.664. The molecule has 0 amide bonds. The number of hydrogen-bond donors (Lipinski definition) is 3. The maximum absolute atomic E-state index is 13.6. The van der Waals surface area contributed by atoms with Crippen molar-refractivity contribution in [2.75, 3.05) is 13.2 Å². The van der Waals surface area contributed by atoms with Gasteiger partial charge in [-0.05, 0) is 36.3 Å². The van der Waals surface area contributed by atoms with Gasteiger partial charge in [0.25, 0.3) is 0 Å². The molecule has 2 heterocycles. The Morgan fingerprint density at radius 1 is 1.54 bits per heavy atom. The van der Waals surface area contributed by atoms with Crippen molar-refractivity contribution < 1.29 is 14.2 Å². The molecule has 1 aromatic heterocycles. The van der Waals surface area contributed by atoms with Crippen molar-refractivity contribution in [2.24, 2.45) is 7.05 Å². The Hall–Kier alpha value is -2.51. The van der Waals surface area contributed by atoms with Crippen LogP contribution in [0.1, 0.15) is 24.2 Å². The van der Waals surface area contributed by atoms with Gasteiger partial charge in [0, 0.05) is 43.2 Å². The summed E-state index contributed by atoms with van der Waals surface area (Å²) >= 11 is 0. The molecular formula is C19H23FN4O2. The van der Waals surface area contributed by atoms with Gasteiger partial charge in [-0.3, -0.25) is 4.68 Å². The molecule has 1 atom stereocenters. The zero-order valence-corrected chi connectivity index (χ0v) is 14.9. The topological polar surface area (TPSA) is 83.2 Å². The van der Waals surface area contributed by atoms with E-state index in [1.807, 2.05) is 19.4 Å². The number of rotatable bonds is 7. The maximum atomic E-state index is 13.6. The van der Waals surface area contributed by atoms with Gasteiger partial charge in [0.15, 0.2) is 0 Å². The lowest BCUT2D eigenvalue weighted by atomic mass is 9.96. The largest absolute Gasteiger partial charge is 0.389 e. The predicted octanol–water partition coefficient (Wildman–Crippen LogP) is 2.34. The Bertz CT molecular complexity index is 825. The third-order valence-corrected chi connectivity index (χ3v) is 4.35. The van der Waals surface area contributed by atoms with E-state index in [0.717, 1.165) is 11.1 Å². The van der Waals surface area contributed by atoms with E-state index in [1.165, 1.54) is 18.3 Å². The molecule has 3 rings (SSSR count). The molecule has 1 aliphatic rings. The van der Waals surface area contributed by atoms with Gasteiger partial charge in [-0.15, -0.1) is 0 Å². The number of aliphatic hydroxyl groups excluding tert-OH is 1. The first kappa shape index (κ1) is 18.3. The van der Waals surface area contributed by atoms with Crippen molar-refractivity contribution in [2.45, 2.75) is 25.5 Å². The zero-order chi connectivity index (χ0) is 18.7. The van der Waals surface area contributed by atoms with Crippen molar-refractivity contribution in [3.8, 4) is 11.3 Å². The number of allylic oxidation sites excluding steroid dienone is 1. The summed E-state index contributed by atoms with van der Waals surface area (Å²) in [5.74, 6) is -0.394. The smallest absolute Gasteiger partial charge is 0.123 e. The van der Waals surface area contributed by atoms with E-state index in [4.69, 9.17) is 10.1 Å². The van der Waals surface area contributed by atoms with Crippen LogP contribution in [0.2, 0.25) is 0 Å². The Morgan fingerprint density at radius 2 is 2.31 bits per heavy atom. The molecular weight excluding hydrogens is 335 g/mol. The van der Waals surface area contributed by atoms with Gasteiger partial charge >= 0.3 is 0 Å². The van der Waals surface area contributed by atoms with Crippen molar-refractivity contribution in [3.63, 3.8) is 0 Å². The molecule has 0 saturated carbocycles. The second kappa shape index (κ2) is 7.80. The lowest BCUT2D eigenvalue weighted by Crippen LogP contribution is -2.43. The highest BCUT2D eigenvalue weighted by atomic mass is 19.1. The van der Waals surface area contributed by atoms with Crippen LogP contribution in [0.3, 0.4) is 0 Å². The van der Waals surface area contributed by atoms with Crippen LogP contribution in [0.15, 0.2) is 36.2 Å². The minimum absolute atomic E-state index is 0.289. The van der Waals surface area contributed by atoms with Crippen LogP contribution in [0.4, 0.5) is 4.39 Å². The summed E-state index contributed by atoms with van der Waals surface area (Å²) in [6.45, 7) is 2.95. The minimum atomic E-state index is -0.811. The second-order valence-corrected chi connectivity index (χ2v) is 6.53. The molecule has 1 fully saturated rings. The summed E-state index contributed by atoms with van der Waals surface area (Å²) < 4.78 is 20.4. The number of halogens is 1. The summed E-state index contributed by atoms with van der Waals surface area (Å²) in [5.41, 5.74) is 3.58. The van der Waals surface area contributed by atoms with Crippen molar-refractivity contribution in [1.82, 2.24) is 15.1 Å². The number of aliphatic hydroxyl groups is 1.